The average molecular weight is 299 g/mol. The second-order valence-electron chi connectivity index (χ2n) is 5.53. The quantitative estimate of drug-likeness (QED) is 0.885. The molecule has 0 radical (unpaired) electrons. The number of benzene rings is 1. The lowest BCUT2D eigenvalue weighted by molar-refractivity contribution is 0.0957. The maximum atomic E-state index is 12.5. The molecule has 1 aromatic carbocycles. The molecular formula is C14H21NO4S. The minimum Gasteiger partial charge on any atom is -0.389 e. The lowest BCUT2D eigenvalue weighted by Crippen LogP contribution is -2.50. The topological polar surface area (TPSA) is 75.6 Å². The largest absolute Gasteiger partial charge is 0.389 e. The van der Waals surface area contributed by atoms with E-state index in [1.807, 2.05) is 13.8 Å². The van der Waals surface area contributed by atoms with Crippen LogP contribution in [0, 0.1) is 0 Å². The van der Waals surface area contributed by atoms with E-state index >= 15 is 0 Å². The van der Waals surface area contributed by atoms with Crippen LogP contribution in [0.2, 0.25) is 0 Å². The first kappa shape index (κ1) is 15.4. The SMILES string of the molecule is CC(O)c1cccc(S(=O)(=O)NC2(C)CCOC2C)c1. The fourth-order valence-electron chi connectivity index (χ4n) is 2.28. The molecule has 0 saturated carbocycles. The average Bonchev–Trinajstić information content (AvgIpc) is 2.68. The molecule has 1 aliphatic rings. The molecule has 1 aromatic rings. The summed E-state index contributed by atoms with van der Waals surface area (Å²) in [5.41, 5.74) is -0.0200. The van der Waals surface area contributed by atoms with Gasteiger partial charge < -0.3 is 9.84 Å². The minimum atomic E-state index is -3.63. The van der Waals surface area contributed by atoms with Crippen LogP contribution in [-0.2, 0) is 14.8 Å². The van der Waals surface area contributed by atoms with E-state index in [2.05, 4.69) is 4.72 Å². The fourth-order valence-corrected chi connectivity index (χ4v) is 3.83. The van der Waals surface area contributed by atoms with Crippen LogP contribution in [0.4, 0.5) is 0 Å². The van der Waals surface area contributed by atoms with Crippen LogP contribution in [0.5, 0.6) is 0 Å². The first-order chi connectivity index (χ1) is 9.24. The third kappa shape index (κ3) is 3.03. The van der Waals surface area contributed by atoms with Crippen molar-refractivity contribution < 1.29 is 18.3 Å². The molecule has 0 bridgehead atoms. The van der Waals surface area contributed by atoms with Crippen LogP contribution in [0.1, 0.15) is 38.9 Å². The first-order valence-corrected chi connectivity index (χ1v) is 8.16. The Morgan fingerprint density at radius 1 is 1.50 bits per heavy atom. The highest BCUT2D eigenvalue weighted by atomic mass is 32.2. The summed E-state index contributed by atoms with van der Waals surface area (Å²) in [5, 5.41) is 9.56. The Labute approximate surface area is 120 Å². The van der Waals surface area contributed by atoms with E-state index in [1.165, 1.54) is 12.1 Å². The lowest BCUT2D eigenvalue weighted by atomic mass is 9.97. The van der Waals surface area contributed by atoms with E-state index in [4.69, 9.17) is 4.74 Å². The Hall–Kier alpha value is -0.950. The Bertz CT molecular complexity index is 585. The Morgan fingerprint density at radius 3 is 2.75 bits per heavy atom. The van der Waals surface area contributed by atoms with Gasteiger partial charge >= 0.3 is 0 Å². The maximum absolute atomic E-state index is 12.5. The fraction of sp³-hybridized carbons (Fsp3) is 0.571. The molecule has 1 aliphatic heterocycles. The van der Waals surface area contributed by atoms with Crippen molar-refractivity contribution in [3.8, 4) is 0 Å². The Morgan fingerprint density at radius 2 is 2.20 bits per heavy atom. The van der Waals surface area contributed by atoms with Gasteiger partial charge in [0.2, 0.25) is 10.0 Å². The van der Waals surface area contributed by atoms with Crippen molar-refractivity contribution in [1.82, 2.24) is 4.72 Å². The van der Waals surface area contributed by atoms with Crippen molar-refractivity contribution in [1.29, 1.82) is 0 Å². The molecule has 3 unspecified atom stereocenters. The molecule has 6 heteroatoms. The highest BCUT2D eigenvalue weighted by Crippen LogP contribution is 2.27. The molecule has 2 rings (SSSR count). The standard InChI is InChI=1S/C14H21NO4S/c1-10(16)12-5-4-6-13(9-12)20(17,18)15-14(3)7-8-19-11(14)2/h4-6,9-11,15-16H,7-8H2,1-3H3. The van der Waals surface area contributed by atoms with E-state index < -0.39 is 21.7 Å². The minimum absolute atomic E-state index is 0.163. The molecule has 0 aromatic heterocycles. The van der Waals surface area contributed by atoms with Gasteiger partial charge in [0.1, 0.15) is 0 Å². The van der Waals surface area contributed by atoms with Crippen molar-refractivity contribution in [3.05, 3.63) is 29.8 Å². The zero-order valence-corrected chi connectivity index (χ0v) is 12.8. The van der Waals surface area contributed by atoms with E-state index in [0.717, 1.165) is 0 Å². The maximum Gasteiger partial charge on any atom is 0.241 e. The van der Waals surface area contributed by atoms with Gasteiger partial charge in [-0.05, 0) is 44.9 Å². The molecule has 0 spiro atoms. The highest BCUT2D eigenvalue weighted by Gasteiger charge is 2.40. The molecule has 112 valence electrons. The number of aliphatic hydroxyl groups is 1. The van der Waals surface area contributed by atoms with Gasteiger partial charge in [0.05, 0.1) is 22.6 Å². The molecule has 0 amide bonds. The summed E-state index contributed by atoms with van der Waals surface area (Å²) in [6.07, 6.45) is -0.226. The van der Waals surface area contributed by atoms with Gasteiger partial charge in [0.15, 0.2) is 0 Å². The van der Waals surface area contributed by atoms with E-state index in [0.29, 0.717) is 18.6 Å². The van der Waals surface area contributed by atoms with Gasteiger partial charge in [-0.15, -0.1) is 0 Å². The monoisotopic (exact) mass is 299 g/mol. The Kier molecular flexibility index (Phi) is 4.20. The molecule has 1 heterocycles. The number of aliphatic hydroxyl groups excluding tert-OH is 1. The second kappa shape index (κ2) is 5.44. The molecule has 1 saturated heterocycles. The van der Waals surface area contributed by atoms with Gasteiger partial charge in [0.25, 0.3) is 0 Å². The van der Waals surface area contributed by atoms with Crippen LogP contribution in [-0.4, -0.2) is 31.8 Å². The third-order valence-electron chi connectivity index (χ3n) is 3.90. The van der Waals surface area contributed by atoms with Crippen LogP contribution in [0.25, 0.3) is 0 Å². The van der Waals surface area contributed by atoms with E-state index in [1.54, 1.807) is 19.1 Å². The van der Waals surface area contributed by atoms with Crippen molar-refractivity contribution in [2.45, 2.75) is 49.8 Å². The van der Waals surface area contributed by atoms with Crippen LogP contribution in [0.3, 0.4) is 0 Å². The van der Waals surface area contributed by atoms with Crippen molar-refractivity contribution in [2.24, 2.45) is 0 Å². The summed E-state index contributed by atoms with van der Waals surface area (Å²) in [7, 11) is -3.63. The number of hydrogen-bond acceptors (Lipinski definition) is 4. The van der Waals surface area contributed by atoms with Crippen molar-refractivity contribution >= 4 is 10.0 Å². The highest BCUT2D eigenvalue weighted by molar-refractivity contribution is 7.89. The molecule has 1 fully saturated rings. The summed E-state index contributed by atoms with van der Waals surface area (Å²) in [4.78, 5) is 0.163. The predicted octanol–water partition coefficient (Wildman–Crippen LogP) is 1.59. The summed E-state index contributed by atoms with van der Waals surface area (Å²) in [5.74, 6) is 0. The summed E-state index contributed by atoms with van der Waals surface area (Å²) in [6, 6.07) is 6.36. The van der Waals surface area contributed by atoms with Gasteiger partial charge in [-0.2, -0.15) is 0 Å². The van der Waals surface area contributed by atoms with Crippen LogP contribution >= 0.6 is 0 Å². The van der Waals surface area contributed by atoms with Gasteiger partial charge in [0, 0.05) is 6.61 Å². The third-order valence-corrected chi connectivity index (χ3v) is 5.51. The van der Waals surface area contributed by atoms with Crippen LogP contribution < -0.4 is 4.72 Å². The summed E-state index contributed by atoms with van der Waals surface area (Å²) in [6.45, 7) is 5.86. The van der Waals surface area contributed by atoms with Gasteiger partial charge in [-0.3, -0.25) is 0 Å². The number of nitrogens with one attached hydrogen (secondary N) is 1. The van der Waals surface area contributed by atoms with Crippen molar-refractivity contribution in [2.75, 3.05) is 6.61 Å². The summed E-state index contributed by atoms with van der Waals surface area (Å²) < 4.78 is 33.1. The first-order valence-electron chi connectivity index (χ1n) is 6.68. The van der Waals surface area contributed by atoms with Crippen molar-refractivity contribution in [3.63, 3.8) is 0 Å². The van der Waals surface area contributed by atoms with E-state index in [9.17, 15) is 13.5 Å². The van der Waals surface area contributed by atoms with Crippen LogP contribution in [0.15, 0.2) is 29.2 Å². The molecule has 5 nitrogen and oxygen atoms in total. The molecule has 3 atom stereocenters. The molecule has 2 N–H and O–H groups in total. The normalized spacial score (nSPS) is 28.5. The number of hydrogen-bond donors (Lipinski definition) is 2. The molecular weight excluding hydrogens is 278 g/mol. The number of rotatable bonds is 4. The van der Waals surface area contributed by atoms with E-state index in [-0.39, 0.29) is 11.0 Å². The predicted molar refractivity (Wildman–Crippen MR) is 75.8 cm³/mol. The smallest absolute Gasteiger partial charge is 0.241 e. The molecule has 20 heavy (non-hydrogen) atoms. The zero-order valence-electron chi connectivity index (χ0n) is 12.0. The number of ether oxygens (including phenoxy) is 1. The zero-order chi connectivity index (χ0) is 15.0. The van der Waals surface area contributed by atoms with Gasteiger partial charge in [-0.25, -0.2) is 13.1 Å². The lowest BCUT2D eigenvalue weighted by Gasteiger charge is -2.28. The number of sulfonamides is 1. The summed E-state index contributed by atoms with van der Waals surface area (Å²) >= 11 is 0. The van der Waals surface area contributed by atoms with Gasteiger partial charge in [-0.1, -0.05) is 12.1 Å². The Balaban J connectivity index is 2.29. The molecule has 0 aliphatic carbocycles. The second-order valence-corrected chi connectivity index (χ2v) is 7.22.